The molecule has 0 aliphatic rings. The lowest BCUT2D eigenvalue weighted by molar-refractivity contribution is -0.143. The van der Waals surface area contributed by atoms with Crippen molar-refractivity contribution in [3.63, 3.8) is 0 Å². The molecule has 168 valence electrons. The van der Waals surface area contributed by atoms with Gasteiger partial charge in [-0.1, -0.05) is 13.8 Å². The highest BCUT2D eigenvalue weighted by Gasteiger charge is 2.31. The quantitative estimate of drug-likeness (QED) is 0.208. The lowest BCUT2D eigenvalue weighted by Crippen LogP contribution is -2.59. The number of hydrogen-bond donors (Lipinski definition) is 7. The first-order chi connectivity index (χ1) is 13.9. The molecule has 1 aromatic heterocycles. The normalized spacial score (nSPS) is 16.1. The fourth-order valence-corrected chi connectivity index (χ4v) is 2.55. The summed E-state index contributed by atoms with van der Waals surface area (Å²) in [6.45, 7) is 5.92. The maximum absolute atomic E-state index is 12.5. The first-order valence-electron chi connectivity index (χ1n) is 9.48. The molecule has 0 saturated heterocycles. The van der Waals surface area contributed by atoms with E-state index in [0.29, 0.717) is 5.69 Å². The van der Waals surface area contributed by atoms with Gasteiger partial charge in [-0.2, -0.15) is 0 Å². The van der Waals surface area contributed by atoms with E-state index in [1.807, 2.05) is 0 Å². The topological polar surface area (TPSA) is 200 Å². The van der Waals surface area contributed by atoms with Crippen molar-refractivity contribution < 1.29 is 29.4 Å². The van der Waals surface area contributed by atoms with Gasteiger partial charge in [0.05, 0.1) is 18.5 Å². The number of carbonyl (C=O) groups is 4. The zero-order valence-electron chi connectivity index (χ0n) is 17.4. The Balaban J connectivity index is 2.70. The smallest absolute Gasteiger partial charge is 0.326 e. The van der Waals surface area contributed by atoms with E-state index in [-0.39, 0.29) is 12.3 Å². The van der Waals surface area contributed by atoms with Gasteiger partial charge in [-0.3, -0.25) is 14.4 Å². The van der Waals surface area contributed by atoms with E-state index in [4.69, 9.17) is 10.8 Å². The average Bonchev–Trinajstić information content (AvgIpc) is 3.15. The number of nitrogens with two attached hydrogens (primary N) is 1. The van der Waals surface area contributed by atoms with Crippen molar-refractivity contribution >= 4 is 23.7 Å². The number of carboxylic acids is 1. The minimum absolute atomic E-state index is 0.143. The number of aromatic nitrogens is 2. The standard InChI is InChI=1S/C18H30N6O6/c1-8(2)13(18(29)30)23-15(26)9(3)22-17(28)14(10(4)25)24-16(27)12(19)5-11-6-20-7-21-11/h6-10,12-14,25H,5,19H2,1-4H3,(H,20,21)(H,22,28)(H,23,26)(H,24,27)(H,29,30). The van der Waals surface area contributed by atoms with Crippen LogP contribution in [-0.4, -0.2) is 74.1 Å². The molecule has 0 saturated carbocycles. The van der Waals surface area contributed by atoms with Crippen LogP contribution in [0.5, 0.6) is 0 Å². The molecule has 1 heterocycles. The summed E-state index contributed by atoms with van der Waals surface area (Å²) >= 11 is 0. The Labute approximate surface area is 174 Å². The van der Waals surface area contributed by atoms with E-state index in [9.17, 15) is 24.3 Å². The zero-order valence-corrected chi connectivity index (χ0v) is 17.4. The van der Waals surface area contributed by atoms with Crippen LogP contribution in [0.25, 0.3) is 0 Å². The van der Waals surface area contributed by atoms with Crippen LogP contribution in [0.1, 0.15) is 33.4 Å². The van der Waals surface area contributed by atoms with Crippen LogP contribution in [0.3, 0.4) is 0 Å². The number of nitrogens with zero attached hydrogens (tertiary/aromatic N) is 1. The molecule has 30 heavy (non-hydrogen) atoms. The van der Waals surface area contributed by atoms with Gasteiger partial charge in [0.25, 0.3) is 0 Å². The highest BCUT2D eigenvalue weighted by molar-refractivity contribution is 5.94. The van der Waals surface area contributed by atoms with E-state index in [1.54, 1.807) is 13.8 Å². The van der Waals surface area contributed by atoms with Crippen molar-refractivity contribution in [3.8, 4) is 0 Å². The van der Waals surface area contributed by atoms with Crippen molar-refractivity contribution in [1.82, 2.24) is 25.9 Å². The van der Waals surface area contributed by atoms with Gasteiger partial charge in [0.2, 0.25) is 17.7 Å². The number of H-pyrrole nitrogens is 1. The van der Waals surface area contributed by atoms with E-state index >= 15 is 0 Å². The first kappa shape index (κ1) is 25.0. The number of aromatic amines is 1. The Kier molecular flexibility index (Phi) is 9.40. The molecule has 12 nitrogen and oxygen atoms in total. The van der Waals surface area contributed by atoms with Crippen LogP contribution in [0.15, 0.2) is 12.5 Å². The Morgan fingerprint density at radius 3 is 2.10 bits per heavy atom. The van der Waals surface area contributed by atoms with Crippen LogP contribution >= 0.6 is 0 Å². The summed E-state index contributed by atoms with van der Waals surface area (Å²) in [5, 5.41) is 26.1. The maximum atomic E-state index is 12.5. The molecule has 0 fully saturated rings. The summed E-state index contributed by atoms with van der Waals surface area (Å²) in [6.07, 6.45) is 1.82. The number of imidazole rings is 1. The molecule has 0 aliphatic heterocycles. The molecule has 5 unspecified atom stereocenters. The average molecular weight is 426 g/mol. The SMILES string of the molecule is CC(NC(=O)C(NC(=O)C(N)Cc1cnc[nH]1)C(C)O)C(=O)NC(C(=O)O)C(C)C. The minimum atomic E-state index is -1.36. The summed E-state index contributed by atoms with van der Waals surface area (Å²) < 4.78 is 0. The van der Waals surface area contributed by atoms with Gasteiger partial charge in [0, 0.05) is 18.3 Å². The number of carbonyl (C=O) groups excluding carboxylic acids is 3. The van der Waals surface area contributed by atoms with Gasteiger partial charge in [0.15, 0.2) is 0 Å². The van der Waals surface area contributed by atoms with Gasteiger partial charge in [-0.05, 0) is 19.8 Å². The van der Waals surface area contributed by atoms with Gasteiger partial charge in [0.1, 0.15) is 18.1 Å². The number of amides is 3. The Hall–Kier alpha value is -2.99. The zero-order chi connectivity index (χ0) is 23.0. The van der Waals surface area contributed by atoms with Crippen LogP contribution in [0.2, 0.25) is 0 Å². The first-order valence-corrected chi connectivity index (χ1v) is 9.48. The largest absolute Gasteiger partial charge is 0.480 e. The summed E-state index contributed by atoms with van der Waals surface area (Å²) in [5.41, 5.74) is 6.45. The molecule has 5 atom stereocenters. The fourth-order valence-electron chi connectivity index (χ4n) is 2.55. The molecular weight excluding hydrogens is 396 g/mol. The summed E-state index contributed by atoms with van der Waals surface area (Å²) in [5.74, 6) is -3.76. The fraction of sp³-hybridized carbons (Fsp3) is 0.611. The molecule has 0 aliphatic carbocycles. The number of aliphatic hydroxyl groups excluding tert-OH is 1. The van der Waals surface area contributed by atoms with E-state index in [1.165, 1.54) is 26.4 Å². The molecule has 3 amide bonds. The van der Waals surface area contributed by atoms with Gasteiger partial charge in [-0.25, -0.2) is 9.78 Å². The lowest BCUT2D eigenvalue weighted by atomic mass is 10.0. The molecular formula is C18H30N6O6. The number of rotatable bonds is 11. The maximum Gasteiger partial charge on any atom is 0.326 e. The second-order valence-electron chi connectivity index (χ2n) is 7.41. The van der Waals surface area contributed by atoms with E-state index < -0.39 is 54.0 Å². The molecule has 8 N–H and O–H groups in total. The van der Waals surface area contributed by atoms with E-state index in [2.05, 4.69) is 25.9 Å². The van der Waals surface area contributed by atoms with Gasteiger partial charge in [-0.15, -0.1) is 0 Å². The highest BCUT2D eigenvalue weighted by atomic mass is 16.4. The number of carboxylic acid groups (broad SMARTS) is 1. The van der Waals surface area contributed by atoms with Gasteiger partial charge >= 0.3 is 5.97 Å². The summed E-state index contributed by atoms with van der Waals surface area (Å²) in [6, 6.07) is -4.58. The second-order valence-corrected chi connectivity index (χ2v) is 7.41. The molecule has 1 rings (SSSR count). The van der Waals surface area contributed by atoms with Crippen molar-refractivity contribution in [2.75, 3.05) is 0 Å². The Morgan fingerprint density at radius 1 is 1.03 bits per heavy atom. The lowest BCUT2D eigenvalue weighted by Gasteiger charge is -2.25. The Morgan fingerprint density at radius 2 is 1.63 bits per heavy atom. The monoisotopic (exact) mass is 426 g/mol. The molecule has 0 aromatic carbocycles. The van der Waals surface area contributed by atoms with Crippen LogP contribution < -0.4 is 21.7 Å². The van der Waals surface area contributed by atoms with Crippen LogP contribution in [0, 0.1) is 5.92 Å². The molecule has 0 bridgehead atoms. The molecule has 0 radical (unpaired) electrons. The highest BCUT2D eigenvalue weighted by Crippen LogP contribution is 2.03. The second kappa shape index (κ2) is 11.3. The third-order valence-electron chi connectivity index (χ3n) is 4.38. The van der Waals surface area contributed by atoms with Crippen molar-refractivity contribution in [2.45, 2.75) is 64.4 Å². The van der Waals surface area contributed by atoms with Crippen molar-refractivity contribution in [2.24, 2.45) is 11.7 Å². The number of hydrogen-bond acceptors (Lipinski definition) is 7. The third-order valence-corrected chi connectivity index (χ3v) is 4.38. The number of aliphatic carboxylic acids is 1. The summed E-state index contributed by atoms with van der Waals surface area (Å²) in [4.78, 5) is 54.9. The number of nitrogens with one attached hydrogen (secondary N) is 4. The van der Waals surface area contributed by atoms with Crippen molar-refractivity contribution in [3.05, 3.63) is 18.2 Å². The molecule has 12 heteroatoms. The number of aliphatic hydroxyl groups is 1. The minimum Gasteiger partial charge on any atom is -0.480 e. The predicted octanol–water partition coefficient (Wildman–Crippen LogP) is -2.12. The Bertz CT molecular complexity index is 736. The summed E-state index contributed by atoms with van der Waals surface area (Å²) in [7, 11) is 0. The molecule has 0 spiro atoms. The van der Waals surface area contributed by atoms with Crippen LogP contribution in [-0.2, 0) is 25.6 Å². The van der Waals surface area contributed by atoms with E-state index in [0.717, 1.165) is 0 Å². The predicted molar refractivity (Wildman–Crippen MR) is 106 cm³/mol. The van der Waals surface area contributed by atoms with Crippen molar-refractivity contribution in [1.29, 1.82) is 0 Å². The van der Waals surface area contributed by atoms with Gasteiger partial charge < -0.3 is 36.9 Å². The van der Waals surface area contributed by atoms with Crippen LogP contribution in [0.4, 0.5) is 0 Å². The third kappa shape index (κ3) is 7.44. The molecule has 1 aromatic rings.